The molecule has 6 heteroatoms. The molecule has 0 saturated carbocycles. The molecule has 110 valence electrons. The van der Waals surface area contributed by atoms with Crippen LogP contribution in [0.25, 0.3) is 0 Å². The van der Waals surface area contributed by atoms with Crippen LogP contribution < -0.4 is 10.1 Å². The summed E-state index contributed by atoms with van der Waals surface area (Å²) in [5, 5.41) is 4.61. The van der Waals surface area contributed by atoms with Crippen LogP contribution in [0.3, 0.4) is 0 Å². The molecule has 0 bridgehead atoms. The lowest BCUT2D eigenvalue weighted by Crippen LogP contribution is -2.09. The van der Waals surface area contributed by atoms with Crippen LogP contribution in [-0.2, 0) is 0 Å². The van der Waals surface area contributed by atoms with E-state index >= 15 is 0 Å². The summed E-state index contributed by atoms with van der Waals surface area (Å²) in [6.45, 7) is 2.44. The highest BCUT2D eigenvalue weighted by Crippen LogP contribution is 2.28. The van der Waals surface area contributed by atoms with Crippen molar-refractivity contribution in [1.29, 1.82) is 0 Å². The minimum atomic E-state index is -2.79. The minimum Gasteiger partial charge on any atom is -0.435 e. The number of halogens is 2. The molecule has 1 heterocycles. The monoisotopic (exact) mass is 300 g/mol. The SMILES string of the molecule is CC(C)CC1CN=C(Nc2ccc(OC(F)F)cc2)S1. The van der Waals surface area contributed by atoms with Crippen LogP contribution in [0, 0.1) is 5.92 Å². The summed E-state index contributed by atoms with van der Waals surface area (Å²) in [5.41, 5.74) is 0.822. The van der Waals surface area contributed by atoms with Crippen molar-refractivity contribution in [3.8, 4) is 5.75 Å². The fourth-order valence-corrected chi connectivity index (χ4v) is 3.25. The Balaban J connectivity index is 1.85. The van der Waals surface area contributed by atoms with E-state index in [9.17, 15) is 8.78 Å². The largest absolute Gasteiger partial charge is 0.435 e. The predicted octanol–water partition coefficient (Wildman–Crippen LogP) is 4.22. The van der Waals surface area contributed by atoms with E-state index in [1.165, 1.54) is 12.1 Å². The lowest BCUT2D eigenvalue weighted by atomic mass is 10.1. The number of thioether (sulfide) groups is 1. The molecule has 1 aromatic carbocycles. The number of hydrogen-bond donors (Lipinski definition) is 1. The van der Waals surface area contributed by atoms with Crippen molar-refractivity contribution >= 4 is 22.6 Å². The number of aliphatic imine (C=N–C) groups is 1. The van der Waals surface area contributed by atoms with E-state index in [4.69, 9.17) is 0 Å². The van der Waals surface area contributed by atoms with Crippen LogP contribution in [0.15, 0.2) is 29.3 Å². The molecular formula is C14H18F2N2OS. The first-order valence-electron chi connectivity index (χ1n) is 6.56. The topological polar surface area (TPSA) is 33.6 Å². The molecule has 0 aromatic heterocycles. The minimum absolute atomic E-state index is 0.157. The molecule has 0 saturated heterocycles. The molecule has 1 atom stereocenters. The van der Waals surface area contributed by atoms with Gasteiger partial charge in [-0.15, -0.1) is 0 Å². The standard InChI is InChI=1S/C14H18F2N2OS/c1-9(2)7-12-8-17-14(20-12)18-10-3-5-11(6-4-10)19-13(15)16/h3-6,9,12-13H,7-8H2,1-2H3,(H,17,18). The zero-order valence-electron chi connectivity index (χ0n) is 11.5. The summed E-state index contributed by atoms with van der Waals surface area (Å²) in [6, 6.07) is 6.44. The quantitative estimate of drug-likeness (QED) is 0.884. The third kappa shape index (κ3) is 4.67. The van der Waals surface area contributed by atoms with Gasteiger partial charge in [0.2, 0.25) is 0 Å². The first kappa shape index (κ1) is 15.1. The molecule has 3 nitrogen and oxygen atoms in total. The Morgan fingerprint density at radius 3 is 2.65 bits per heavy atom. The van der Waals surface area contributed by atoms with Crippen LogP contribution in [-0.4, -0.2) is 23.6 Å². The van der Waals surface area contributed by atoms with E-state index in [-0.39, 0.29) is 5.75 Å². The zero-order chi connectivity index (χ0) is 14.5. The molecule has 1 unspecified atom stereocenters. The summed E-state index contributed by atoms with van der Waals surface area (Å²) in [5.74, 6) is 0.817. The Hall–Kier alpha value is -1.30. The zero-order valence-corrected chi connectivity index (χ0v) is 12.3. The van der Waals surface area contributed by atoms with Gasteiger partial charge in [0.15, 0.2) is 5.17 Å². The molecule has 0 amide bonds. The van der Waals surface area contributed by atoms with Gasteiger partial charge in [0.25, 0.3) is 0 Å². The van der Waals surface area contributed by atoms with Gasteiger partial charge >= 0.3 is 6.61 Å². The molecule has 0 radical (unpaired) electrons. The Kier molecular flexibility index (Phi) is 5.23. The van der Waals surface area contributed by atoms with Crippen LogP contribution >= 0.6 is 11.8 Å². The first-order valence-corrected chi connectivity index (χ1v) is 7.44. The highest BCUT2D eigenvalue weighted by molar-refractivity contribution is 8.15. The normalized spacial score (nSPS) is 18.5. The number of alkyl halides is 2. The van der Waals surface area contributed by atoms with Crippen molar-refractivity contribution < 1.29 is 13.5 Å². The first-order chi connectivity index (χ1) is 9.52. The number of nitrogens with zero attached hydrogens (tertiary/aromatic N) is 1. The molecule has 20 heavy (non-hydrogen) atoms. The number of benzene rings is 1. The number of anilines is 1. The Morgan fingerprint density at radius 1 is 1.35 bits per heavy atom. The van der Waals surface area contributed by atoms with E-state index in [1.54, 1.807) is 23.9 Å². The third-order valence-electron chi connectivity index (χ3n) is 2.78. The molecule has 0 spiro atoms. The molecule has 1 aliphatic rings. The maximum Gasteiger partial charge on any atom is 0.387 e. The number of hydrogen-bond acceptors (Lipinski definition) is 4. The number of ether oxygens (including phenoxy) is 1. The van der Waals surface area contributed by atoms with Gasteiger partial charge in [0, 0.05) is 10.9 Å². The summed E-state index contributed by atoms with van der Waals surface area (Å²) in [7, 11) is 0. The molecule has 1 aromatic rings. The summed E-state index contributed by atoms with van der Waals surface area (Å²) < 4.78 is 28.4. The van der Waals surface area contributed by atoms with Gasteiger partial charge in [-0.3, -0.25) is 4.99 Å². The summed E-state index contributed by atoms with van der Waals surface area (Å²) in [4.78, 5) is 4.45. The number of rotatable bonds is 5. The van der Waals surface area contributed by atoms with Crippen molar-refractivity contribution in [3.05, 3.63) is 24.3 Å². The number of nitrogens with one attached hydrogen (secondary N) is 1. The lowest BCUT2D eigenvalue weighted by molar-refractivity contribution is -0.0498. The fraction of sp³-hybridized carbons (Fsp3) is 0.500. The number of amidine groups is 1. The van der Waals surface area contributed by atoms with Gasteiger partial charge in [0.05, 0.1) is 6.54 Å². The van der Waals surface area contributed by atoms with Crippen molar-refractivity contribution in [3.63, 3.8) is 0 Å². The van der Waals surface area contributed by atoms with E-state index in [0.717, 1.165) is 23.8 Å². The Morgan fingerprint density at radius 2 is 2.05 bits per heavy atom. The second-order valence-electron chi connectivity index (χ2n) is 5.04. The maximum atomic E-state index is 12.0. The molecule has 1 N–H and O–H groups in total. The summed E-state index contributed by atoms with van der Waals surface area (Å²) in [6.07, 6.45) is 1.14. The Labute approximate surface area is 121 Å². The molecule has 1 aliphatic heterocycles. The van der Waals surface area contributed by atoms with Gasteiger partial charge in [-0.1, -0.05) is 25.6 Å². The second kappa shape index (κ2) is 6.92. The Bertz CT molecular complexity index is 463. The van der Waals surface area contributed by atoms with Gasteiger partial charge in [-0.05, 0) is 36.6 Å². The fourth-order valence-electron chi connectivity index (χ4n) is 1.98. The smallest absolute Gasteiger partial charge is 0.387 e. The predicted molar refractivity (Wildman–Crippen MR) is 79.8 cm³/mol. The average molecular weight is 300 g/mol. The van der Waals surface area contributed by atoms with Gasteiger partial charge in [-0.25, -0.2) is 0 Å². The molecule has 0 aliphatic carbocycles. The van der Waals surface area contributed by atoms with E-state index in [0.29, 0.717) is 11.2 Å². The van der Waals surface area contributed by atoms with Crippen LogP contribution in [0.4, 0.5) is 14.5 Å². The summed E-state index contributed by atoms with van der Waals surface area (Å²) >= 11 is 1.74. The highest BCUT2D eigenvalue weighted by atomic mass is 32.2. The molecule has 0 fully saturated rings. The van der Waals surface area contributed by atoms with E-state index in [1.807, 2.05) is 0 Å². The van der Waals surface area contributed by atoms with Crippen molar-refractivity contribution in [2.24, 2.45) is 10.9 Å². The van der Waals surface area contributed by atoms with Crippen LogP contribution in [0.5, 0.6) is 5.75 Å². The highest BCUT2D eigenvalue weighted by Gasteiger charge is 2.20. The van der Waals surface area contributed by atoms with Crippen LogP contribution in [0.2, 0.25) is 0 Å². The van der Waals surface area contributed by atoms with Gasteiger partial charge < -0.3 is 10.1 Å². The average Bonchev–Trinajstić information content (AvgIpc) is 2.77. The van der Waals surface area contributed by atoms with Crippen molar-refractivity contribution in [2.45, 2.75) is 32.1 Å². The maximum absolute atomic E-state index is 12.0. The van der Waals surface area contributed by atoms with Crippen molar-refractivity contribution in [1.82, 2.24) is 0 Å². The third-order valence-corrected chi connectivity index (χ3v) is 3.91. The van der Waals surface area contributed by atoms with E-state index in [2.05, 4.69) is 28.9 Å². The van der Waals surface area contributed by atoms with Crippen molar-refractivity contribution in [2.75, 3.05) is 11.9 Å². The van der Waals surface area contributed by atoms with Gasteiger partial charge in [-0.2, -0.15) is 8.78 Å². The molecular weight excluding hydrogens is 282 g/mol. The van der Waals surface area contributed by atoms with Gasteiger partial charge in [0.1, 0.15) is 5.75 Å². The van der Waals surface area contributed by atoms with Crippen LogP contribution in [0.1, 0.15) is 20.3 Å². The second-order valence-corrected chi connectivity index (χ2v) is 6.33. The molecule has 2 rings (SSSR count). The lowest BCUT2D eigenvalue weighted by Gasteiger charge is -2.11. The van der Waals surface area contributed by atoms with E-state index < -0.39 is 6.61 Å².